The minimum Gasteiger partial charge on any atom is -0.481 e. The smallest absolute Gasteiger partial charge is 0.258 e. The molecule has 0 spiro atoms. The highest BCUT2D eigenvalue weighted by Crippen LogP contribution is 2.25. The second-order valence-electron chi connectivity index (χ2n) is 3.10. The average molecular weight is 229 g/mol. The van der Waals surface area contributed by atoms with E-state index in [0.29, 0.717) is 22.9 Å². The quantitative estimate of drug-likeness (QED) is 0.768. The van der Waals surface area contributed by atoms with Crippen LogP contribution in [0.4, 0.5) is 5.69 Å². The summed E-state index contributed by atoms with van der Waals surface area (Å²) in [5.41, 5.74) is 11.1. The highest BCUT2D eigenvalue weighted by Gasteiger charge is 2.14. The van der Waals surface area contributed by atoms with Crippen molar-refractivity contribution in [3.05, 3.63) is 23.2 Å². The molecular weight excluding hydrogens is 216 g/mol. The predicted molar refractivity (Wildman–Crippen MR) is 59.8 cm³/mol. The Bertz CT molecular complexity index is 368. The first kappa shape index (κ1) is 11.7. The van der Waals surface area contributed by atoms with Gasteiger partial charge in [-0.2, -0.15) is 0 Å². The number of hydrogen-bond acceptors (Lipinski definition) is 3. The van der Waals surface area contributed by atoms with Crippen LogP contribution in [0.3, 0.4) is 0 Å². The van der Waals surface area contributed by atoms with Crippen LogP contribution in [0.15, 0.2) is 18.2 Å². The highest BCUT2D eigenvalue weighted by atomic mass is 35.5. The summed E-state index contributed by atoms with van der Waals surface area (Å²) in [5, 5.41) is 0.395. The molecule has 1 atom stereocenters. The molecule has 0 aliphatic heterocycles. The van der Waals surface area contributed by atoms with E-state index < -0.39 is 12.0 Å². The molecule has 82 valence electrons. The van der Waals surface area contributed by atoms with Crippen molar-refractivity contribution in [1.82, 2.24) is 0 Å². The highest BCUT2D eigenvalue weighted by molar-refractivity contribution is 6.33. The van der Waals surface area contributed by atoms with Crippen LogP contribution >= 0.6 is 11.6 Å². The van der Waals surface area contributed by atoms with Crippen molar-refractivity contribution in [3.8, 4) is 5.75 Å². The van der Waals surface area contributed by atoms with Gasteiger partial charge >= 0.3 is 0 Å². The Morgan fingerprint density at radius 1 is 1.60 bits per heavy atom. The first-order chi connectivity index (χ1) is 7.04. The van der Waals surface area contributed by atoms with Gasteiger partial charge in [-0.25, -0.2) is 0 Å². The van der Waals surface area contributed by atoms with Gasteiger partial charge in [-0.3, -0.25) is 4.79 Å². The molecule has 5 heteroatoms. The maximum atomic E-state index is 10.9. The number of hydrogen-bond donors (Lipinski definition) is 2. The van der Waals surface area contributed by atoms with Crippen molar-refractivity contribution in [2.75, 3.05) is 5.73 Å². The van der Waals surface area contributed by atoms with Crippen LogP contribution in [0.2, 0.25) is 5.02 Å². The number of amides is 1. The van der Waals surface area contributed by atoms with Gasteiger partial charge in [0.15, 0.2) is 6.10 Å². The second kappa shape index (κ2) is 4.89. The fourth-order valence-electron chi connectivity index (χ4n) is 1.09. The molecule has 4 nitrogen and oxygen atoms in total. The van der Waals surface area contributed by atoms with E-state index in [-0.39, 0.29) is 0 Å². The number of anilines is 1. The molecule has 1 unspecified atom stereocenters. The van der Waals surface area contributed by atoms with Crippen LogP contribution in [-0.4, -0.2) is 12.0 Å². The lowest BCUT2D eigenvalue weighted by Crippen LogP contribution is -2.32. The third-order valence-electron chi connectivity index (χ3n) is 1.94. The van der Waals surface area contributed by atoms with Crippen LogP contribution in [0.25, 0.3) is 0 Å². The van der Waals surface area contributed by atoms with E-state index in [1.807, 2.05) is 6.92 Å². The molecule has 0 aliphatic rings. The Labute approximate surface area is 93.1 Å². The SMILES string of the molecule is CCC(Oc1ccc(N)c(Cl)c1)C(N)=O. The summed E-state index contributed by atoms with van der Waals surface area (Å²) in [6.07, 6.45) is -0.123. The van der Waals surface area contributed by atoms with Gasteiger partial charge in [0.2, 0.25) is 0 Å². The monoisotopic (exact) mass is 228 g/mol. The fourth-order valence-corrected chi connectivity index (χ4v) is 1.26. The Morgan fingerprint density at radius 2 is 2.27 bits per heavy atom. The standard InChI is InChI=1S/C10H13ClN2O2/c1-2-9(10(13)14)15-6-3-4-8(12)7(11)5-6/h3-5,9H,2,12H2,1H3,(H2,13,14). The molecule has 4 N–H and O–H groups in total. The number of halogens is 1. The van der Waals surface area contributed by atoms with Crippen molar-refractivity contribution in [3.63, 3.8) is 0 Å². The molecule has 0 bridgehead atoms. The Balaban J connectivity index is 2.80. The summed E-state index contributed by atoms with van der Waals surface area (Å²) < 4.78 is 5.35. The molecule has 1 aromatic carbocycles. The topological polar surface area (TPSA) is 78.3 Å². The van der Waals surface area contributed by atoms with E-state index in [1.165, 1.54) is 0 Å². The molecule has 15 heavy (non-hydrogen) atoms. The van der Waals surface area contributed by atoms with E-state index in [9.17, 15) is 4.79 Å². The van der Waals surface area contributed by atoms with E-state index in [2.05, 4.69) is 0 Å². The number of carbonyl (C=O) groups is 1. The molecule has 0 saturated carbocycles. The van der Waals surface area contributed by atoms with Crippen molar-refractivity contribution in [2.45, 2.75) is 19.4 Å². The van der Waals surface area contributed by atoms with E-state index >= 15 is 0 Å². The molecule has 0 aliphatic carbocycles. The van der Waals surface area contributed by atoms with Gasteiger partial charge in [-0.05, 0) is 18.6 Å². The van der Waals surface area contributed by atoms with Crippen LogP contribution < -0.4 is 16.2 Å². The molecule has 0 saturated heterocycles. The fraction of sp³-hybridized carbons (Fsp3) is 0.300. The van der Waals surface area contributed by atoms with Gasteiger partial charge < -0.3 is 16.2 Å². The molecular formula is C10H13ClN2O2. The van der Waals surface area contributed by atoms with Gasteiger partial charge in [-0.1, -0.05) is 18.5 Å². The van der Waals surface area contributed by atoms with Crippen LogP contribution in [0.1, 0.15) is 13.3 Å². The van der Waals surface area contributed by atoms with Gasteiger partial charge in [0.05, 0.1) is 10.7 Å². The molecule has 0 aromatic heterocycles. The number of ether oxygens (including phenoxy) is 1. The van der Waals surface area contributed by atoms with Crippen molar-refractivity contribution in [2.24, 2.45) is 5.73 Å². The number of primary amides is 1. The lowest BCUT2D eigenvalue weighted by atomic mass is 10.2. The molecule has 1 amide bonds. The predicted octanol–water partition coefficient (Wildman–Crippen LogP) is 1.56. The number of rotatable bonds is 4. The van der Waals surface area contributed by atoms with Crippen molar-refractivity contribution < 1.29 is 9.53 Å². The zero-order chi connectivity index (χ0) is 11.4. The maximum absolute atomic E-state index is 10.9. The number of nitrogen functional groups attached to an aromatic ring is 1. The van der Waals surface area contributed by atoms with Gasteiger partial charge in [0, 0.05) is 6.07 Å². The van der Waals surface area contributed by atoms with Crippen molar-refractivity contribution in [1.29, 1.82) is 0 Å². The van der Waals surface area contributed by atoms with E-state index in [0.717, 1.165) is 0 Å². The third kappa shape index (κ3) is 3.02. The molecule has 1 rings (SSSR count). The first-order valence-electron chi connectivity index (χ1n) is 4.55. The molecule has 0 radical (unpaired) electrons. The largest absolute Gasteiger partial charge is 0.481 e. The zero-order valence-corrected chi connectivity index (χ0v) is 9.12. The van der Waals surface area contributed by atoms with E-state index in [1.54, 1.807) is 18.2 Å². The zero-order valence-electron chi connectivity index (χ0n) is 8.37. The first-order valence-corrected chi connectivity index (χ1v) is 4.93. The Kier molecular flexibility index (Phi) is 3.80. The summed E-state index contributed by atoms with van der Waals surface area (Å²) in [6.45, 7) is 1.81. The van der Waals surface area contributed by atoms with Gasteiger partial charge in [0.25, 0.3) is 5.91 Å². The average Bonchev–Trinajstić information content (AvgIpc) is 2.19. The van der Waals surface area contributed by atoms with Crippen LogP contribution in [-0.2, 0) is 4.79 Å². The minimum atomic E-state index is -0.635. The third-order valence-corrected chi connectivity index (χ3v) is 2.27. The summed E-state index contributed by atoms with van der Waals surface area (Å²) >= 11 is 5.80. The second-order valence-corrected chi connectivity index (χ2v) is 3.51. The molecule has 0 fully saturated rings. The summed E-state index contributed by atoms with van der Waals surface area (Å²) in [5.74, 6) is -0.00898. The van der Waals surface area contributed by atoms with Gasteiger partial charge in [-0.15, -0.1) is 0 Å². The Morgan fingerprint density at radius 3 is 2.73 bits per heavy atom. The van der Waals surface area contributed by atoms with Gasteiger partial charge in [0.1, 0.15) is 5.75 Å². The molecule has 0 heterocycles. The normalized spacial score (nSPS) is 12.1. The van der Waals surface area contributed by atoms with Crippen molar-refractivity contribution >= 4 is 23.2 Å². The lowest BCUT2D eigenvalue weighted by molar-refractivity contribution is -0.124. The molecule has 1 aromatic rings. The summed E-state index contributed by atoms with van der Waals surface area (Å²) in [4.78, 5) is 10.9. The van der Waals surface area contributed by atoms with E-state index in [4.69, 9.17) is 27.8 Å². The number of nitrogens with two attached hydrogens (primary N) is 2. The lowest BCUT2D eigenvalue weighted by Gasteiger charge is -2.14. The van der Waals surface area contributed by atoms with Crippen LogP contribution in [0, 0.1) is 0 Å². The maximum Gasteiger partial charge on any atom is 0.258 e. The number of benzene rings is 1. The minimum absolute atomic E-state index is 0.395. The summed E-state index contributed by atoms with van der Waals surface area (Å²) in [7, 11) is 0. The van der Waals surface area contributed by atoms with Crippen LogP contribution in [0.5, 0.6) is 5.75 Å². The Hall–Kier alpha value is -1.42. The summed E-state index contributed by atoms with van der Waals surface area (Å²) in [6, 6.07) is 4.82. The number of carbonyl (C=O) groups excluding carboxylic acids is 1.